The number of sulfonamides is 1. The monoisotopic (exact) mass is 259 g/mol. The number of rotatable bonds is 5. The normalized spacial score (nSPS) is 11.7. The van der Waals surface area contributed by atoms with Crippen molar-refractivity contribution >= 4 is 16.0 Å². The van der Waals surface area contributed by atoms with E-state index in [4.69, 9.17) is 5.11 Å². The summed E-state index contributed by atoms with van der Waals surface area (Å²) in [4.78, 5) is 10.6. The quantitative estimate of drug-likeness (QED) is 0.736. The molecule has 0 bridgehead atoms. The van der Waals surface area contributed by atoms with Crippen molar-refractivity contribution in [3.8, 4) is 0 Å². The molecule has 0 saturated carbocycles. The summed E-state index contributed by atoms with van der Waals surface area (Å²) < 4.78 is 25.2. The summed E-state index contributed by atoms with van der Waals surface area (Å²) in [6.07, 6.45) is 1.41. The van der Waals surface area contributed by atoms with E-state index in [1.807, 2.05) is 0 Å². The molecule has 1 aromatic rings. The number of hydrogen-bond acceptors (Lipinski definition) is 4. The third kappa shape index (κ3) is 2.37. The summed E-state index contributed by atoms with van der Waals surface area (Å²) >= 11 is 0. The molecular formula is C9H13N3O4S. The number of aromatic carboxylic acids is 1. The van der Waals surface area contributed by atoms with Crippen molar-refractivity contribution in [1.29, 1.82) is 0 Å². The summed E-state index contributed by atoms with van der Waals surface area (Å²) in [6, 6.07) is 0. The second kappa shape index (κ2) is 4.68. The van der Waals surface area contributed by atoms with Crippen LogP contribution in [0, 0.1) is 6.92 Å². The number of aromatic nitrogens is 2. The van der Waals surface area contributed by atoms with Crippen molar-refractivity contribution in [2.75, 3.05) is 13.6 Å². The molecule has 0 spiro atoms. The van der Waals surface area contributed by atoms with E-state index in [1.165, 1.54) is 20.0 Å². The molecule has 1 aromatic heterocycles. The average Bonchev–Trinajstić information content (AvgIpc) is 2.61. The van der Waals surface area contributed by atoms with Gasteiger partial charge in [0.2, 0.25) is 10.0 Å². The zero-order valence-electron chi connectivity index (χ0n) is 9.47. The van der Waals surface area contributed by atoms with Crippen LogP contribution in [-0.4, -0.2) is 47.6 Å². The topological polar surface area (TPSA) is 103 Å². The molecule has 0 amide bonds. The lowest BCUT2D eigenvalue weighted by Crippen LogP contribution is -2.28. The summed E-state index contributed by atoms with van der Waals surface area (Å²) in [5.41, 5.74) is -0.309. The summed E-state index contributed by atoms with van der Waals surface area (Å²) in [7, 11) is -2.53. The van der Waals surface area contributed by atoms with Gasteiger partial charge < -0.3 is 5.11 Å². The number of nitrogens with zero attached hydrogens (tertiary/aromatic N) is 2. The number of H-pyrrole nitrogens is 1. The van der Waals surface area contributed by atoms with Crippen LogP contribution >= 0.6 is 0 Å². The van der Waals surface area contributed by atoms with Crippen LogP contribution in [0.3, 0.4) is 0 Å². The van der Waals surface area contributed by atoms with Gasteiger partial charge in [-0.1, -0.05) is 6.08 Å². The van der Waals surface area contributed by atoms with Crippen molar-refractivity contribution in [3.63, 3.8) is 0 Å². The Morgan fingerprint density at radius 3 is 2.71 bits per heavy atom. The Labute approximate surface area is 98.8 Å². The first-order valence-electron chi connectivity index (χ1n) is 4.67. The first kappa shape index (κ1) is 13.4. The van der Waals surface area contributed by atoms with E-state index in [2.05, 4.69) is 16.8 Å². The Hall–Kier alpha value is -1.67. The average molecular weight is 259 g/mol. The number of carboxylic acid groups (broad SMARTS) is 1. The predicted octanol–water partition coefficient (Wildman–Crippen LogP) is 0.223. The SMILES string of the molecule is C=CCN(C)S(=O)(=O)c1c(C(=O)O)n[nH]c1C. The van der Waals surface area contributed by atoms with Crippen LogP contribution in [0.5, 0.6) is 0 Å². The van der Waals surface area contributed by atoms with E-state index in [-0.39, 0.29) is 17.1 Å². The maximum absolute atomic E-state index is 12.1. The zero-order valence-corrected chi connectivity index (χ0v) is 10.3. The molecule has 0 aromatic carbocycles. The van der Waals surface area contributed by atoms with Gasteiger partial charge in [0, 0.05) is 13.6 Å². The Morgan fingerprint density at radius 1 is 1.65 bits per heavy atom. The van der Waals surface area contributed by atoms with Gasteiger partial charge in [-0.05, 0) is 6.92 Å². The minimum absolute atomic E-state index is 0.0893. The molecule has 0 atom stereocenters. The van der Waals surface area contributed by atoms with Crippen molar-refractivity contribution in [1.82, 2.24) is 14.5 Å². The predicted molar refractivity (Wildman–Crippen MR) is 60.3 cm³/mol. The van der Waals surface area contributed by atoms with Gasteiger partial charge in [0.05, 0.1) is 5.69 Å². The molecule has 0 aliphatic heterocycles. The highest BCUT2D eigenvalue weighted by Gasteiger charge is 2.30. The molecule has 0 aliphatic carbocycles. The van der Waals surface area contributed by atoms with Crippen LogP contribution in [-0.2, 0) is 10.0 Å². The Balaban J connectivity index is 3.37. The molecule has 2 N–H and O–H groups in total. The van der Waals surface area contributed by atoms with Gasteiger partial charge in [0.25, 0.3) is 0 Å². The summed E-state index contributed by atoms with van der Waals surface area (Å²) in [5, 5.41) is 14.7. The fraction of sp³-hybridized carbons (Fsp3) is 0.333. The minimum atomic E-state index is -3.88. The first-order valence-corrected chi connectivity index (χ1v) is 6.11. The van der Waals surface area contributed by atoms with Crippen LogP contribution in [0.1, 0.15) is 16.2 Å². The fourth-order valence-electron chi connectivity index (χ4n) is 1.32. The zero-order chi connectivity index (χ0) is 13.2. The van der Waals surface area contributed by atoms with E-state index in [1.54, 1.807) is 0 Å². The molecule has 0 radical (unpaired) electrons. The molecule has 17 heavy (non-hydrogen) atoms. The van der Waals surface area contributed by atoms with E-state index in [9.17, 15) is 13.2 Å². The van der Waals surface area contributed by atoms with Crippen molar-refractivity contribution < 1.29 is 18.3 Å². The number of nitrogens with one attached hydrogen (secondary N) is 1. The van der Waals surface area contributed by atoms with Gasteiger partial charge in [0.1, 0.15) is 4.90 Å². The first-order chi connectivity index (χ1) is 7.82. The van der Waals surface area contributed by atoms with Crippen LogP contribution in [0.4, 0.5) is 0 Å². The largest absolute Gasteiger partial charge is 0.476 e. The van der Waals surface area contributed by atoms with E-state index in [0.717, 1.165) is 4.31 Å². The molecule has 0 unspecified atom stereocenters. The number of likely N-dealkylation sites (N-methyl/N-ethyl adjacent to an activating group) is 1. The number of carbonyl (C=O) groups is 1. The number of aryl methyl sites for hydroxylation is 1. The van der Waals surface area contributed by atoms with Crippen LogP contribution in [0.15, 0.2) is 17.6 Å². The van der Waals surface area contributed by atoms with Gasteiger partial charge >= 0.3 is 5.97 Å². The second-order valence-corrected chi connectivity index (χ2v) is 5.39. The van der Waals surface area contributed by atoms with Gasteiger partial charge in [0.15, 0.2) is 5.69 Å². The van der Waals surface area contributed by atoms with Crippen molar-refractivity contribution in [3.05, 3.63) is 24.0 Å². The standard InChI is InChI=1S/C9H13N3O4S/c1-4-5-12(3)17(15,16)8-6(2)10-11-7(8)9(13)14/h4H,1,5H2,2-3H3,(H,10,11)(H,13,14). The van der Waals surface area contributed by atoms with Gasteiger partial charge in [-0.25, -0.2) is 13.2 Å². The molecule has 0 aliphatic rings. The van der Waals surface area contributed by atoms with Crippen LogP contribution in [0.2, 0.25) is 0 Å². The highest BCUT2D eigenvalue weighted by Crippen LogP contribution is 2.21. The maximum atomic E-state index is 12.1. The third-order valence-electron chi connectivity index (χ3n) is 2.15. The lowest BCUT2D eigenvalue weighted by Gasteiger charge is -2.14. The number of hydrogen-bond donors (Lipinski definition) is 2. The van der Waals surface area contributed by atoms with Gasteiger partial charge in [-0.3, -0.25) is 5.10 Å². The lowest BCUT2D eigenvalue weighted by atomic mass is 10.4. The van der Waals surface area contributed by atoms with Gasteiger partial charge in [-0.15, -0.1) is 6.58 Å². The molecule has 0 fully saturated rings. The lowest BCUT2D eigenvalue weighted by molar-refractivity contribution is 0.0686. The van der Waals surface area contributed by atoms with Crippen molar-refractivity contribution in [2.45, 2.75) is 11.8 Å². The van der Waals surface area contributed by atoms with E-state index < -0.39 is 21.7 Å². The fourth-order valence-corrected chi connectivity index (χ4v) is 2.74. The Bertz CT molecular complexity index is 547. The summed E-state index contributed by atoms with van der Waals surface area (Å²) in [5.74, 6) is -1.39. The molecule has 7 nitrogen and oxygen atoms in total. The molecule has 0 saturated heterocycles. The van der Waals surface area contributed by atoms with Gasteiger partial charge in [-0.2, -0.15) is 9.40 Å². The third-order valence-corrected chi connectivity index (χ3v) is 4.13. The van der Waals surface area contributed by atoms with Crippen LogP contribution < -0.4 is 0 Å². The molecule has 1 heterocycles. The molecule has 8 heteroatoms. The smallest absolute Gasteiger partial charge is 0.357 e. The molecular weight excluding hydrogens is 246 g/mol. The van der Waals surface area contributed by atoms with E-state index in [0.29, 0.717) is 0 Å². The number of carboxylic acids is 1. The highest BCUT2D eigenvalue weighted by atomic mass is 32.2. The van der Waals surface area contributed by atoms with Crippen LogP contribution in [0.25, 0.3) is 0 Å². The van der Waals surface area contributed by atoms with E-state index >= 15 is 0 Å². The Kier molecular flexibility index (Phi) is 3.69. The number of aromatic amines is 1. The minimum Gasteiger partial charge on any atom is -0.476 e. The molecule has 94 valence electrons. The van der Waals surface area contributed by atoms with Crippen molar-refractivity contribution in [2.24, 2.45) is 0 Å². The second-order valence-electron chi connectivity index (χ2n) is 3.41. The Morgan fingerprint density at radius 2 is 2.24 bits per heavy atom. The highest BCUT2D eigenvalue weighted by molar-refractivity contribution is 7.89. The maximum Gasteiger partial charge on any atom is 0.357 e. The summed E-state index contributed by atoms with van der Waals surface area (Å²) in [6.45, 7) is 4.97. The molecule has 1 rings (SSSR count).